The highest BCUT2D eigenvalue weighted by Crippen LogP contribution is 2.24. The predicted octanol–water partition coefficient (Wildman–Crippen LogP) is 2.89. The predicted molar refractivity (Wildman–Crippen MR) is 63.5 cm³/mol. The number of hydrogen-bond acceptors (Lipinski definition) is 3. The highest BCUT2D eigenvalue weighted by molar-refractivity contribution is 9.10. The lowest BCUT2D eigenvalue weighted by molar-refractivity contribution is -0.385. The number of nitro benzene ring substituents is 1. The van der Waals surface area contributed by atoms with Crippen LogP contribution in [-0.4, -0.2) is 23.9 Å². The number of hydrogen-bond donors (Lipinski definition) is 0. The van der Waals surface area contributed by atoms with Crippen LogP contribution in [0.15, 0.2) is 28.8 Å². The average Bonchev–Trinajstić information content (AvgIpc) is 2.14. The third-order valence-corrected chi connectivity index (χ3v) is 2.11. The van der Waals surface area contributed by atoms with E-state index in [9.17, 15) is 10.1 Å². The number of nitro groups is 1. The summed E-state index contributed by atoms with van der Waals surface area (Å²) in [4.78, 5) is 12.1. The highest BCUT2D eigenvalue weighted by Gasteiger charge is 2.11. The van der Waals surface area contributed by atoms with Gasteiger partial charge in [-0.05, 0) is 24.4 Å². The summed E-state index contributed by atoms with van der Waals surface area (Å²) in [5.41, 5.74) is 0.236. The Morgan fingerprint density at radius 3 is 2.87 bits per heavy atom. The van der Waals surface area contributed by atoms with Gasteiger partial charge < -0.3 is 4.90 Å². The minimum Gasteiger partial charge on any atom is -0.383 e. The van der Waals surface area contributed by atoms with Crippen LogP contribution < -0.4 is 0 Å². The van der Waals surface area contributed by atoms with E-state index in [1.165, 1.54) is 12.1 Å². The number of halogens is 1. The molecule has 1 aromatic rings. The van der Waals surface area contributed by atoms with Crippen LogP contribution in [-0.2, 0) is 0 Å². The van der Waals surface area contributed by atoms with Crippen LogP contribution in [0.1, 0.15) is 6.93 Å². The van der Waals surface area contributed by atoms with E-state index in [4.69, 9.17) is 1.37 Å². The normalized spacial score (nSPS) is 11.5. The van der Waals surface area contributed by atoms with Crippen molar-refractivity contribution in [3.63, 3.8) is 0 Å². The minimum absolute atomic E-state index is 0.0718. The second-order valence-corrected chi connectivity index (χ2v) is 4.07. The zero-order valence-corrected chi connectivity index (χ0v) is 9.98. The van der Waals surface area contributed by atoms with Crippen LogP contribution in [0.4, 0.5) is 5.69 Å². The Morgan fingerprint density at radius 2 is 2.33 bits per heavy atom. The van der Waals surface area contributed by atoms with Gasteiger partial charge in [0.2, 0.25) is 0 Å². The molecule has 15 heavy (non-hydrogen) atoms. The van der Waals surface area contributed by atoms with Crippen molar-refractivity contribution in [2.24, 2.45) is 0 Å². The molecule has 0 atom stereocenters. The van der Waals surface area contributed by atoms with Gasteiger partial charge in [0.15, 0.2) is 0 Å². The Kier molecular flexibility index (Phi) is 3.34. The summed E-state index contributed by atoms with van der Waals surface area (Å²) in [6.45, 7) is 0. The van der Waals surface area contributed by atoms with E-state index < -0.39 is 4.92 Å². The van der Waals surface area contributed by atoms with Crippen LogP contribution >= 0.6 is 15.9 Å². The molecule has 80 valence electrons. The highest BCUT2D eigenvalue weighted by atomic mass is 79.9. The fourth-order valence-corrected chi connectivity index (χ4v) is 1.31. The van der Waals surface area contributed by atoms with Crippen LogP contribution in [0, 0.1) is 10.1 Å². The summed E-state index contributed by atoms with van der Waals surface area (Å²) in [7, 11) is 3.62. The average molecular weight is 272 g/mol. The molecule has 0 amide bonds. The lowest BCUT2D eigenvalue weighted by atomic mass is 10.2. The van der Waals surface area contributed by atoms with Gasteiger partial charge in [0.1, 0.15) is 0 Å². The molecule has 0 aliphatic rings. The molecule has 0 aliphatic carbocycles. The van der Waals surface area contributed by atoms with Crippen molar-refractivity contribution in [2.45, 2.75) is 0 Å². The molecule has 0 heterocycles. The van der Waals surface area contributed by atoms with Gasteiger partial charge in [-0.15, -0.1) is 0 Å². The first-order valence-electron chi connectivity index (χ1n) is 4.71. The monoisotopic (exact) mass is 271 g/mol. The fourth-order valence-electron chi connectivity index (χ4n) is 0.979. The van der Waals surface area contributed by atoms with Crippen molar-refractivity contribution in [3.8, 4) is 0 Å². The van der Waals surface area contributed by atoms with Gasteiger partial charge in [-0.2, -0.15) is 0 Å². The quantitative estimate of drug-likeness (QED) is 0.627. The minimum atomic E-state index is -0.488. The molecule has 0 bridgehead atoms. The van der Waals surface area contributed by atoms with Gasteiger partial charge in [-0.3, -0.25) is 10.1 Å². The molecule has 0 spiro atoms. The molecule has 0 fully saturated rings. The van der Waals surface area contributed by atoms with Crippen molar-refractivity contribution < 1.29 is 6.29 Å². The third-order valence-electron chi connectivity index (χ3n) is 1.65. The Bertz CT molecular complexity index is 447. The van der Waals surface area contributed by atoms with Crippen molar-refractivity contribution >= 4 is 27.7 Å². The molecular formula is C10H11BrN2O2. The van der Waals surface area contributed by atoms with Gasteiger partial charge in [0, 0.05) is 24.6 Å². The molecule has 0 aliphatic heterocycles. The molecule has 0 unspecified atom stereocenters. The van der Waals surface area contributed by atoms with Crippen molar-refractivity contribution in [3.05, 3.63) is 44.5 Å². The summed E-state index contributed by atoms with van der Waals surface area (Å²) in [6.07, 6.45) is 3.24. The van der Waals surface area contributed by atoms with Crippen LogP contribution in [0.2, 0.25) is 0 Å². The first kappa shape index (κ1) is 10.2. The Balaban J connectivity index is 3.30. The molecule has 0 radical (unpaired) electrons. The molecule has 0 aromatic heterocycles. The number of rotatable bonds is 3. The summed E-state index contributed by atoms with van der Waals surface area (Å²) in [5, 5.41) is 10.8. The summed E-state index contributed by atoms with van der Waals surface area (Å²) < 4.78 is 8.22. The van der Waals surface area contributed by atoms with E-state index in [1.54, 1.807) is 17.2 Å². The fraction of sp³-hybridized carbons (Fsp3) is 0.200. The van der Waals surface area contributed by atoms with Gasteiger partial charge in [0.25, 0.3) is 5.69 Å². The van der Waals surface area contributed by atoms with E-state index >= 15 is 0 Å². The Morgan fingerprint density at radius 1 is 1.67 bits per heavy atom. The lowest BCUT2D eigenvalue weighted by Gasteiger charge is -2.03. The maximum atomic E-state index is 10.8. The molecule has 0 N–H and O–H groups in total. The second kappa shape index (κ2) is 4.93. The van der Waals surface area contributed by atoms with Crippen molar-refractivity contribution in [1.29, 1.82) is 0 Å². The SMILES string of the molecule is [2H]c1cc(Br)cc([N+](=O)[O-])c1/C=C/N(C)C. The molecule has 4 nitrogen and oxygen atoms in total. The molecule has 1 rings (SSSR count). The number of nitrogens with zero attached hydrogens (tertiary/aromatic N) is 2. The van der Waals surface area contributed by atoms with E-state index in [0.29, 0.717) is 10.0 Å². The van der Waals surface area contributed by atoms with Crippen LogP contribution in [0.5, 0.6) is 0 Å². The van der Waals surface area contributed by atoms with Crippen LogP contribution in [0.3, 0.4) is 0 Å². The van der Waals surface area contributed by atoms with Crippen molar-refractivity contribution in [1.82, 2.24) is 4.90 Å². The third kappa shape index (κ3) is 3.36. The molecule has 5 heteroatoms. The molecule has 1 aromatic carbocycles. The van der Waals surface area contributed by atoms with Gasteiger partial charge in [0.05, 0.1) is 11.9 Å². The Hall–Kier alpha value is -1.36. The van der Waals surface area contributed by atoms with E-state index in [0.717, 1.165) is 0 Å². The molecule has 0 saturated heterocycles. The summed E-state index contributed by atoms with van der Waals surface area (Å²) >= 11 is 3.14. The van der Waals surface area contributed by atoms with Gasteiger partial charge >= 0.3 is 0 Å². The molecule has 0 saturated carbocycles. The first-order valence-corrected chi connectivity index (χ1v) is 5.00. The maximum absolute atomic E-state index is 10.8. The largest absolute Gasteiger partial charge is 0.383 e. The van der Waals surface area contributed by atoms with E-state index in [2.05, 4.69) is 15.9 Å². The Labute approximate surface area is 97.9 Å². The summed E-state index contributed by atoms with van der Waals surface area (Å²) in [6, 6.07) is 3.05. The second-order valence-electron chi connectivity index (χ2n) is 3.15. The van der Waals surface area contributed by atoms with Crippen molar-refractivity contribution in [2.75, 3.05) is 14.1 Å². The smallest absolute Gasteiger partial charge is 0.277 e. The zero-order valence-electron chi connectivity index (χ0n) is 9.40. The standard InChI is InChI=1S/C10H11BrN2O2/c1-12(2)6-5-8-3-4-9(11)7-10(8)13(14)15/h3-7H,1-2H3/b6-5+/i3D. The van der Waals surface area contributed by atoms with E-state index in [1.807, 2.05) is 14.1 Å². The number of benzene rings is 1. The zero-order chi connectivity index (χ0) is 12.3. The molecular weight excluding hydrogens is 260 g/mol. The maximum Gasteiger partial charge on any atom is 0.277 e. The topological polar surface area (TPSA) is 46.4 Å². The van der Waals surface area contributed by atoms with E-state index in [-0.39, 0.29) is 11.7 Å². The van der Waals surface area contributed by atoms with Crippen LogP contribution in [0.25, 0.3) is 6.08 Å². The lowest BCUT2D eigenvalue weighted by Crippen LogP contribution is -2.00. The first-order chi connectivity index (χ1) is 7.41. The van der Waals surface area contributed by atoms with Gasteiger partial charge in [-0.1, -0.05) is 15.9 Å². The summed E-state index contributed by atoms with van der Waals surface area (Å²) in [5.74, 6) is 0. The van der Waals surface area contributed by atoms with Gasteiger partial charge in [-0.25, -0.2) is 0 Å².